The Balaban J connectivity index is 2.51. The summed E-state index contributed by atoms with van der Waals surface area (Å²) in [5.41, 5.74) is 0. The van der Waals surface area contributed by atoms with Crippen molar-refractivity contribution < 1.29 is 0 Å². The van der Waals surface area contributed by atoms with Gasteiger partial charge < -0.3 is 0 Å². The zero-order valence-corrected chi connectivity index (χ0v) is 9.84. The molecule has 1 nitrogen and oxygen atoms in total. The van der Waals surface area contributed by atoms with Gasteiger partial charge in [-0.2, -0.15) is 0 Å². The highest BCUT2D eigenvalue weighted by molar-refractivity contribution is 8.25. The van der Waals surface area contributed by atoms with E-state index in [0.717, 1.165) is 12.3 Å². The largest absolute Gasteiger partial charge is 0.269 e. The molecular weight excluding hydrogens is 186 g/mol. The Morgan fingerprint density at radius 1 is 1.42 bits per heavy atom. The number of rotatable bonds is 2. The molecule has 2 atom stereocenters. The van der Waals surface area contributed by atoms with Crippen molar-refractivity contribution in [1.29, 1.82) is 0 Å². The summed E-state index contributed by atoms with van der Waals surface area (Å²) in [7, 11) is 0. The quantitative estimate of drug-likeness (QED) is 0.680. The van der Waals surface area contributed by atoms with Gasteiger partial charge in [0.2, 0.25) is 0 Å². The molecule has 0 aromatic heterocycles. The molecule has 0 N–H and O–H groups in total. The lowest BCUT2D eigenvalue weighted by Crippen LogP contribution is -2.13. The Morgan fingerprint density at radius 2 is 2.08 bits per heavy atom. The first kappa shape index (κ1) is 10.5. The van der Waals surface area contributed by atoms with Crippen molar-refractivity contribution in [3.8, 4) is 0 Å². The molecule has 70 valence electrons. The van der Waals surface area contributed by atoms with E-state index in [2.05, 4.69) is 32.7 Å². The number of hydrogen-bond acceptors (Lipinski definition) is 3. The summed E-state index contributed by atoms with van der Waals surface area (Å²) in [4.78, 5) is 4.62. The van der Waals surface area contributed by atoms with Crippen molar-refractivity contribution in [1.82, 2.24) is 0 Å². The van der Waals surface area contributed by atoms with Crippen LogP contribution in [0.15, 0.2) is 4.99 Å². The summed E-state index contributed by atoms with van der Waals surface area (Å²) in [6.45, 7) is 8.95. The Kier molecular flexibility index (Phi) is 3.97. The Morgan fingerprint density at radius 3 is 2.58 bits per heavy atom. The molecule has 0 fully saturated rings. The van der Waals surface area contributed by atoms with Crippen LogP contribution in [0.2, 0.25) is 0 Å². The second-order valence-electron chi connectivity index (χ2n) is 3.54. The normalized spacial score (nSPS) is 30.6. The van der Waals surface area contributed by atoms with Crippen LogP contribution in [-0.4, -0.2) is 15.0 Å². The first-order valence-electron chi connectivity index (χ1n) is 4.46. The number of thioether (sulfide) groups is 2. The highest BCUT2D eigenvalue weighted by Crippen LogP contribution is 2.35. The topological polar surface area (TPSA) is 12.4 Å². The van der Waals surface area contributed by atoms with Crippen LogP contribution in [0.4, 0.5) is 0 Å². The maximum atomic E-state index is 4.62. The van der Waals surface area contributed by atoms with Gasteiger partial charge in [0.15, 0.2) is 0 Å². The van der Waals surface area contributed by atoms with Gasteiger partial charge in [0.25, 0.3) is 0 Å². The van der Waals surface area contributed by atoms with Crippen LogP contribution in [0.3, 0.4) is 0 Å². The first-order chi connectivity index (χ1) is 5.58. The van der Waals surface area contributed by atoms with Gasteiger partial charge in [0, 0.05) is 0 Å². The summed E-state index contributed by atoms with van der Waals surface area (Å²) in [5, 5.41) is 1.82. The minimum absolute atomic E-state index is 0.468. The van der Waals surface area contributed by atoms with Gasteiger partial charge in [-0.1, -0.05) is 25.6 Å². The molecular formula is C9H17NS2. The maximum Gasteiger partial charge on any atom is 0.0943 e. The molecule has 3 heteroatoms. The molecule has 0 radical (unpaired) electrons. The van der Waals surface area contributed by atoms with E-state index >= 15 is 0 Å². The van der Waals surface area contributed by atoms with Crippen LogP contribution >= 0.6 is 23.5 Å². The van der Waals surface area contributed by atoms with Crippen LogP contribution in [-0.2, 0) is 0 Å². The predicted octanol–water partition coefficient (Wildman–Crippen LogP) is 3.60. The van der Waals surface area contributed by atoms with Gasteiger partial charge in [-0.15, -0.1) is 11.8 Å². The molecule has 0 aromatic rings. The summed E-state index contributed by atoms with van der Waals surface area (Å²) in [5.74, 6) is 0.735. The lowest BCUT2D eigenvalue weighted by molar-refractivity contribution is 0.686. The van der Waals surface area contributed by atoms with Gasteiger partial charge in [-0.25, -0.2) is 0 Å². The molecule has 1 aliphatic heterocycles. The fourth-order valence-electron chi connectivity index (χ4n) is 1.21. The van der Waals surface area contributed by atoms with Crippen LogP contribution in [0.25, 0.3) is 0 Å². The minimum Gasteiger partial charge on any atom is -0.269 e. The van der Waals surface area contributed by atoms with Crippen LogP contribution in [0.5, 0.6) is 0 Å². The van der Waals surface area contributed by atoms with Crippen molar-refractivity contribution >= 4 is 28.6 Å². The fourth-order valence-corrected chi connectivity index (χ4v) is 4.09. The molecule has 12 heavy (non-hydrogen) atoms. The molecule has 0 saturated carbocycles. The van der Waals surface area contributed by atoms with Gasteiger partial charge in [-0.05, 0) is 26.2 Å². The highest BCUT2D eigenvalue weighted by atomic mass is 32.2. The maximum absolute atomic E-state index is 4.62. The molecule has 1 aliphatic rings. The molecule has 1 heterocycles. The lowest BCUT2D eigenvalue weighted by Gasteiger charge is -2.22. The zero-order chi connectivity index (χ0) is 9.14. The van der Waals surface area contributed by atoms with Crippen LogP contribution < -0.4 is 0 Å². The average molecular weight is 203 g/mol. The van der Waals surface area contributed by atoms with E-state index in [1.165, 1.54) is 5.04 Å². The van der Waals surface area contributed by atoms with E-state index in [0.29, 0.717) is 9.96 Å². The van der Waals surface area contributed by atoms with Gasteiger partial charge in [0.05, 0.1) is 15.0 Å². The Labute approximate surface area is 83.8 Å². The van der Waals surface area contributed by atoms with E-state index in [9.17, 15) is 0 Å². The smallest absolute Gasteiger partial charge is 0.0943 e. The van der Waals surface area contributed by atoms with E-state index in [1.54, 1.807) is 0 Å². The molecule has 0 unspecified atom stereocenters. The van der Waals surface area contributed by atoms with Crippen molar-refractivity contribution in [3.63, 3.8) is 0 Å². The van der Waals surface area contributed by atoms with Crippen molar-refractivity contribution in [3.05, 3.63) is 0 Å². The highest BCUT2D eigenvalue weighted by Gasteiger charge is 2.18. The number of hydrogen-bond donors (Lipinski definition) is 0. The van der Waals surface area contributed by atoms with Gasteiger partial charge in [0.1, 0.15) is 0 Å². The van der Waals surface area contributed by atoms with Crippen LogP contribution in [0.1, 0.15) is 34.1 Å². The van der Waals surface area contributed by atoms with E-state index < -0.39 is 0 Å². The number of nitrogens with zero attached hydrogens (tertiary/aromatic N) is 1. The van der Waals surface area contributed by atoms with E-state index in [1.807, 2.05) is 23.5 Å². The van der Waals surface area contributed by atoms with Crippen LogP contribution in [0, 0.1) is 5.92 Å². The van der Waals surface area contributed by atoms with E-state index in [4.69, 9.17) is 0 Å². The summed E-state index contributed by atoms with van der Waals surface area (Å²) in [6.07, 6.45) is 1.15. The second-order valence-corrected chi connectivity index (χ2v) is 6.92. The lowest BCUT2D eigenvalue weighted by atomic mass is 10.1. The fraction of sp³-hybridized carbons (Fsp3) is 0.889. The summed E-state index contributed by atoms with van der Waals surface area (Å²) >= 11 is 3.88. The third-order valence-corrected chi connectivity index (χ3v) is 3.98. The molecule has 0 amide bonds. The third kappa shape index (κ3) is 3.40. The monoisotopic (exact) mass is 203 g/mol. The standard InChI is InChI=1S/C9H17NS2/c1-6(2)5-9-10-7(3)11-8(4)12-9/h6-8H,5H2,1-4H3/t7-,8+/m0/s1. The third-order valence-electron chi connectivity index (χ3n) is 1.60. The SMILES string of the molecule is CC(C)CC1=N[C@H](C)S[C@@H](C)S1. The van der Waals surface area contributed by atoms with Crippen molar-refractivity contribution in [2.45, 2.75) is 44.1 Å². The molecule has 0 aliphatic carbocycles. The molecule has 0 saturated heterocycles. The molecule has 0 aromatic carbocycles. The van der Waals surface area contributed by atoms with E-state index in [-0.39, 0.29) is 0 Å². The van der Waals surface area contributed by atoms with Crippen molar-refractivity contribution in [2.24, 2.45) is 10.9 Å². The second kappa shape index (κ2) is 4.56. The zero-order valence-electron chi connectivity index (χ0n) is 8.20. The minimum atomic E-state index is 0.468. The average Bonchev–Trinajstić information content (AvgIpc) is 1.81. The first-order valence-corrected chi connectivity index (χ1v) is 6.29. The molecule has 1 rings (SSSR count). The Hall–Kier alpha value is 0.370. The predicted molar refractivity (Wildman–Crippen MR) is 61.0 cm³/mol. The van der Waals surface area contributed by atoms with Gasteiger partial charge in [-0.3, -0.25) is 4.99 Å². The van der Waals surface area contributed by atoms with Gasteiger partial charge >= 0.3 is 0 Å². The summed E-state index contributed by atoms with van der Waals surface area (Å²) < 4.78 is 0.686. The summed E-state index contributed by atoms with van der Waals surface area (Å²) in [6, 6.07) is 0. The number of aliphatic imine (C=N–C) groups is 1. The Bertz CT molecular complexity index is 177. The molecule has 0 bridgehead atoms. The van der Waals surface area contributed by atoms with Crippen molar-refractivity contribution in [2.75, 3.05) is 0 Å². The molecule has 0 spiro atoms.